The van der Waals surface area contributed by atoms with Crippen LogP contribution < -0.4 is 0 Å². The first kappa shape index (κ1) is 11.5. The van der Waals surface area contributed by atoms with Gasteiger partial charge in [-0.15, -0.1) is 0 Å². The maximum atomic E-state index is 10.9. The van der Waals surface area contributed by atoms with Crippen LogP contribution in [0.5, 0.6) is 0 Å². The van der Waals surface area contributed by atoms with Gasteiger partial charge in [0.15, 0.2) is 0 Å². The summed E-state index contributed by atoms with van der Waals surface area (Å²) >= 11 is 0. The van der Waals surface area contributed by atoms with Crippen molar-refractivity contribution in [2.24, 2.45) is 5.92 Å². The smallest absolute Gasteiger partial charge is 0.320 e. The quantitative estimate of drug-likeness (QED) is 0.736. The van der Waals surface area contributed by atoms with Crippen LogP contribution in [0, 0.1) is 5.92 Å². The molecular formula is C11H21NO2. The molecule has 0 spiro atoms. The second-order valence-corrected chi connectivity index (χ2v) is 4.57. The zero-order chi connectivity index (χ0) is 10.6. The van der Waals surface area contributed by atoms with Gasteiger partial charge in [0.2, 0.25) is 0 Å². The summed E-state index contributed by atoms with van der Waals surface area (Å²) in [7, 11) is 0. The van der Waals surface area contributed by atoms with E-state index in [1.54, 1.807) is 0 Å². The topological polar surface area (TPSA) is 40.5 Å². The van der Waals surface area contributed by atoms with Gasteiger partial charge in [0.25, 0.3) is 0 Å². The molecule has 1 saturated heterocycles. The van der Waals surface area contributed by atoms with Crippen molar-refractivity contribution in [2.75, 3.05) is 13.1 Å². The SMILES string of the molecule is CC(C)CCCN1CCCC1C(=O)O. The average Bonchev–Trinajstić information content (AvgIpc) is 2.51. The third-order valence-electron chi connectivity index (χ3n) is 2.88. The summed E-state index contributed by atoms with van der Waals surface area (Å²) in [5.41, 5.74) is 0. The van der Waals surface area contributed by atoms with Gasteiger partial charge in [0.1, 0.15) is 6.04 Å². The molecule has 1 unspecified atom stereocenters. The van der Waals surface area contributed by atoms with E-state index in [2.05, 4.69) is 18.7 Å². The summed E-state index contributed by atoms with van der Waals surface area (Å²) in [5.74, 6) is 0.0768. The molecule has 0 aromatic carbocycles. The Bertz CT molecular complexity index is 192. The second-order valence-electron chi connectivity index (χ2n) is 4.57. The molecule has 0 aliphatic carbocycles. The van der Waals surface area contributed by atoms with E-state index in [-0.39, 0.29) is 6.04 Å². The highest BCUT2D eigenvalue weighted by Gasteiger charge is 2.29. The van der Waals surface area contributed by atoms with Crippen molar-refractivity contribution in [3.63, 3.8) is 0 Å². The van der Waals surface area contributed by atoms with E-state index in [0.717, 1.165) is 38.3 Å². The summed E-state index contributed by atoms with van der Waals surface area (Å²) in [6.07, 6.45) is 4.19. The van der Waals surface area contributed by atoms with Crippen LogP contribution in [-0.2, 0) is 4.79 Å². The Labute approximate surface area is 86.1 Å². The monoisotopic (exact) mass is 199 g/mol. The Kier molecular flexibility index (Phi) is 4.39. The molecule has 1 heterocycles. The van der Waals surface area contributed by atoms with Crippen molar-refractivity contribution in [1.82, 2.24) is 4.90 Å². The van der Waals surface area contributed by atoms with Crippen LogP contribution in [0.25, 0.3) is 0 Å². The predicted molar refractivity (Wildman–Crippen MR) is 56.3 cm³/mol. The fourth-order valence-electron chi connectivity index (χ4n) is 2.08. The standard InChI is InChI=1S/C11H21NO2/c1-9(2)5-3-7-12-8-4-6-10(12)11(13)14/h9-10H,3-8H2,1-2H3,(H,13,14). The summed E-state index contributed by atoms with van der Waals surface area (Å²) in [5, 5.41) is 8.95. The first-order valence-electron chi connectivity index (χ1n) is 5.58. The highest BCUT2D eigenvalue weighted by molar-refractivity contribution is 5.73. The fraction of sp³-hybridized carbons (Fsp3) is 0.909. The molecule has 0 bridgehead atoms. The van der Waals surface area contributed by atoms with Gasteiger partial charge in [-0.05, 0) is 44.7 Å². The molecule has 1 fully saturated rings. The lowest BCUT2D eigenvalue weighted by Crippen LogP contribution is -2.36. The molecule has 0 radical (unpaired) electrons. The van der Waals surface area contributed by atoms with Gasteiger partial charge in [-0.25, -0.2) is 0 Å². The summed E-state index contributed by atoms with van der Waals surface area (Å²) in [6, 6.07) is -0.206. The lowest BCUT2D eigenvalue weighted by Gasteiger charge is -2.21. The first-order chi connectivity index (χ1) is 6.61. The van der Waals surface area contributed by atoms with E-state index in [1.807, 2.05) is 0 Å². The molecule has 0 aromatic rings. The summed E-state index contributed by atoms with van der Waals surface area (Å²) < 4.78 is 0. The van der Waals surface area contributed by atoms with E-state index >= 15 is 0 Å². The normalized spacial score (nSPS) is 23.2. The lowest BCUT2D eigenvalue weighted by atomic mass is 10.1. The van der Waals surface area contributed by atoms with E-state index in [9.17, 15) is 4.79 Å². The van der Waals surface area contributed by atoms with Crippen LogP contribution in [0.1, 0.15) is 39.5 Å². The van der Waals surface area contributed by atoms with Gasteiger partial charge in [-0.2, -0.15) is 0 Å². The number of hydrogen-bond donors (Lipinski definition) is 1. The molecule has 1 rings (SSSR count). The number of aliphatic carboxylic acids is 1. The Morgan fingerprint density at radius 1 is 1.57 bits per heavy atom. The Morgan fingerprint density at radius 2 is 2.29 bits per heavy atom. The van der Waals surface area contributed by atoms with Gasteiger partial charge in [-0.1, -0.05) is 13.8 Å². The van der Waals surface area contributed by atoms with Gasteiger partial charge >= 0.3 is 5.97 Å². The number of carbonyl (C=O) groups is 1. The van der Waals surface area contributed by atoms with Crippen molar-refractivity contribution >= 4 is 5.97 Å². The van der Waals surface area contributed by atoms with Crippen molar-refractivity contribution in [3.05, 3.63) is 0 Å². The van der Waals surface area contributed by atoms with Crippen LogP contribution in [0.3, 0.4) is 0 Å². The average molecular weight is 199 g/mol. The number of hydrogen-bond acceptors (Lipinski definition) is 2. The summed E-state index contributed by atoms with van der Waals surface area (Å²) in [4.78, 5) is 13.0. The number of carboxylic acid groups (broad SMARTS) is 1. The Morgan fingerprint density at radius 3 is 2.86 bits per heavy atom. The zero-order valence-electron chi connectivity index (χ0n) is 9.20. The number of carboxylic acids is 1. The number of nitrogens with zero attached hydrogens (tertiary/aromatic N) is 1. The maximum absolute atomic E-state index is 10.9. The molecule has 0 saturated carbocycles. The van der Waals surface area contributed by atoms with Gasteiger partial charge < -0.3 is 5.11 Å². The van der Waals surface area contributed by atoms with E-state index in [1.165, 1.54) is 6.42 Å². The second kappa shape index (κ2) is 5.35. The molecule has 1 N–H and O–H groups in total. The van der Waals surface area contributed by atoms with Crippen LogP contribution in [-0.4, -0.2) is 35.1 Å². The zero-order valence-corrected chi connectivity index (χ0v) is 9.20. The molecule has 1 aliphatic heterocycles. The highest BCUT2D eigenvalue weighted by Crippen LogP contribution is 2.18. The molecule has 0 aromatic heterocycles. The van der Waals surface area contributed by atoms with Crippen molar-refractivity contribution in [3.8, 4) is 0 Å². The molecule has 14 heavy (non-hydrogen) atoms. The van der Waals surface area contributed by atoms with Crippen molar-refractivity contribution < 1.29 is 9.90 Å². The van der Waals surface area contributed by atoms with Crippen LogP contribution >= 0.6 is 0 Å². The van der Waals surface area contributed by atoms with Gasteiger partial charge in [0, 0.05) is 0 Å². The molecule has 1 aliphatic rings. The largest absolute Gasteiger partial charge is 0.480 e. The van der Waals surface area contributed by atoms with E-state index < -0.39 is 5.97 Å². The lowest BCUT2D eigenvalue weighted by molar-refractivity contribution is -0.142. The maximum Gasteiger partial charge on any atom is 0.320 e. The van der Waals surface area contributed by atoms with Crippen LogP contribution in [0.2, 0.25) is 0 Å². The summed E-state index contributed by atoms with van der Waals surface area (Å²) in [6.45, 7) is 6.33. The highest BCUT2D eigenvalue weighted by atomic mass is 16.4. The van der Waals surface area contributed by atoms with E-state index in [0.29, 0.717) is 0 Å². The molecule has 0 amide bonds. The third kappa shape index (κ3) is 3.29. The van der Waals surface area contributed by atoms with Crippen molar-refractivity contribution in [1.29, 1.82) is 0 Å². The minimum absolute atomic E-state index is 0.206. The Hall–Kier alpha value is -0.570. The molecular weight excluding hydrogens is 178 g/mol. The van der Waals surface area contributed by atoms with Crippen molar-refractivity contribution in [2.45, 2.75) is 45.6 Å². The van der Waals surface area contributed by atoms with Crippen LogP contribution in [0.4, 0.5) is 0 Å². The fourth-order valence-corrected chi connectivity index (χ4v) is 2.08. The van der Waals surface area contributed by atoms with E-state index in [4.69, 9.17) is 5.11 Å². The van der Waals surface area contributed by atoms with Crippen LogP contribution in [0.15, 0.2) is 0 Å². The predicted octanol–water partition coefficient (Wildman–Crippen LogP) is 1.97. The third-order valence-corrected chi connectivity index (χ3v) is 2.88. The number of rotatable bonds is 5. The molecule has 1 atom stereocenters. The van der Waals surface area contributed by atoms with Gasteiger partial charge in [0.05, 0.1) is 0 Å². The first-order valence-corrected chi connectivity index (χ1v) is 5.58. The molecule has 3 heteroatoms. The minimum atomic E-state index is -0.646. The minimum Gasteiger partial charge on any atom is -0.480 e. The van der Waals surface area contributed by atoms with Gasteiger partial charge in [-0.3, -0.25) is 9.69 Å². The number of likely N-dealkylation sites (tertiary alicyclic amines) is 1. The Balaban J connectivity index is 2.26. The molecule has 82 valence electrons. The molecule has 3 nitrogen and oxygen atoms in total.